The Morgan fingerprint density at radius 2 is 2.13 bits per heavy atom. The van der Waals surface area contributed by atoms with E-state index in [1.165, 1.54) is 0 Å². The van der Waals surface area contributed by atoms with E-state index in [4.69, 9.17) is 0 Å². The Balaban J connectivity index is 2.50. The number of rotatable bonds is 1. The predicted molar refractivity (Wildman–Crippen MR) is 59.1 cm³/mol. The summed E-state index contributed by atoms with van der Waals surface area (Å²) in [6, 6.07) is 7.25. The summed E-state index contributed by atoms with van der Waals surface area (Å²) in [5.41, 5.74) is 0.939. The van der Waals surface area contributed by atoms with Crippen molar-refractivity contribution in [3.63, 3.8) is 0 Å². The highest BCUT2D eigenvalue weighted by Crippen LogP contribution is 2.23. The number of hydrogen-bond acceptors (Lipinski definition) is 2. The van der Waals surface area contributed by atoms with Crippen molar-refractivity contribution in [2.75, 3.05) is 6.54 Å². The Hall–Kier alpha value is -0.870. The standard InChI is InChI=1S/C11H15NO2S/c1-2-9-7-10-5-3-4-6-11(10)15(13,14)12-8-9/h3-6,9,12H,2,7-8H2,1H3/t9-/m0/s1. The van der Waals surface area contributed by atoms with Gasteiger partial charge in [-0.3, -0.25) is 0 Å². The summed E-state index contributed by atoms with van der Waals surface area (Å²) in [7, 11) is -3.27. The molecule has 1 aromatic rings. The highest BCUT2D eigenvalue weighted by molar-refractivity contribution is 7.89. The zero-order valence-corrected chi connectivity index (χ0v) is 9.55. The monoisotopic (exact) mass is 225 g/mol. The lowest BCUT2D eigenvalue weighted by Crippen LogP contribution is -2.26. The molecular formula is C11H15NO2S. The molecule has 0 saturated carbocycles. The molecule has 82 valence electrons. The van der Waals surface area contributed by atoms with Crippen LogP contribution >= 0.6 is 0 Å². The van der Waals surface area contributed by atoms with Gasteiger partial charge in [0.25, 0.3) is 0 Å². The summed E-state index contributed by atoms with van der Waals surface area (Å²) < 4.78 is 26.3. The van der Waals surface area contributed by atoms with Gasteiger partial charge in [-0.2, -0.15) is 0 Å². The molecule has 1 N–H and O–H groups in total. The second-order valence-corrected chi connectivity index (χ2v) is 5.67. The molecule has 0 spiro atoms. The summed E-state index contributed by atoms with van der Waals surface area (Å²) in [4.78, 5) is 0.445. The lowest BCUT2D eigenvalue weighted by atomic mass is 9.97. The molecule has 0 bridgehead atoms. The molecule has 2 rings (SSSR count). The smallest absolute Gasteiger partial charge is 0.211 e. The van der Waals surface area contributed by atoms with Crippen molar-refractivity contribution < 1.29 is 8.42 Å². The highest BCUT2D eigenvalue weighted by atomic mass is 32.2. The van der Waals surface area contributed by atoms with Gasteiger partial charge in [0.05, 0.1) is 4.90 Å². The minimum atomic E-state index is -3.27. The van der Waals surface area contributed by atoms with Gasteiger partial charge >= 0.3 is 0 Å². The second kappa shape index (κ2) is 3.94. The zero-order valence-electron chi connectivity index (χ0n) is 8.73. The van der Waals surface area contributed by atoms with E-state index in [9.17, 15) is 8.42 Å². The van der Waals surface area contributed by atoms with Gasteiger partial charge in [0, 0.05) is 6.54 Å². The maximum atomic E-state index is 11.8. The van der Waals surface area contributed by atoms with E-state index in [0.717, 1.165) is 18.4 Å². The lowest BCUT2D eigenvalue weighted by Gasteiger charge is -2.09. The second-order valence-electron chi connectivity index (χ2n) is 3.94. The van der Waals surface area contributed by atoms with Crippen LogP contribution in [0.2, 0.25) is 0 Å². The van der Waals surface area contributed by atoms with Gasteiger partial charge in [-0.1, -0.05) is 31.5 Å². The van der Waals surface area contributed by atoms with Gasteiger partial charge in [-0.25, -0.2) is 13.1 Å². The number of fused-ring (bicyclic) bond motifs is 1. The van der Waals surface area contributed by atoms with Crippen LogP contribution < -0.4 is 4.72 Å². The van der Waals surface area contributed by atoms with Gasteiger partial charge in [-0.15, -0.1) is 0 Å². The van der Waals surface area contributed by atoms with Crippen LogP contribution in [-0.4, -0.2) is 15.0 Å². The van der Waals surface area contributed by atoms with Gasteiger partial charge < -0.3 is 0 Å². The quantitative estimate of drug-likeness (QED) is 0.788. The average molecular weight is 225 g/mol. The Morgan fingerprint density at radius 3 is 2.87 bits per heavy atom. The minimum Gasteiger partial charge on any atom is -0.211 e. The summed E-state index contributed by atoms with van der Waals surface area (Å²) in [5.74, 6) is 0.406. The van der Waals surface area contributed by atoms with Crippen LogP contribution in [0, 0.1) is 5.92 Å². The predicted octanol–water partition coefficient (Wildman–Crippen LogP) is 1.55. The third-order valence-corrected chi connectivity index (χ3v) is 4.43. The molecule has 0 fully saturated rings. The molecular weight excluding hydrogens is 210 g/mol. The SMILES string of the molecule is CC[C@@H]1CNS(=O)(=O)c2ccccc2C1. The molecule has 1 aromatic carbocycles. The molecule has 0 saturated heterocycles. The van der Waals surface area contributed by atoms with E-state index in [1.807, 2.05) is 12.1 Å². The van der Waals surface area contributed by atoms with E-state index >= 15 is 0 Å². The van der Waals surface area contributed by atoms with E-state index in [2.05, 4.69) is 11.6 Å². The van der Waals surface area contributed by atoms with Crippen molar-refractivity contribution in [1.82, 2.24) is 4.72 Å². The summed E-state index contributed by atoms with van der Waals surface area (Å²) >= 11 is 0. The minimum absolute atomic E-state index is 0.406. The molecule has 0 unspecified atom stereocenters. The van der Waals surface area contributed by atoms with Gasteiger partial charge in [0.15, 0.2) is 0 Å². The van der Waals surface area contributed by atoms with E-state index in [1.54, 1.807) is 12.1 Å². The fourth-order valence-corrected chi connectivity index (χ4v) is 3.28. The maximum absolute atomic E-state index is 11.8. The third-order valence-electron chi connectivity index (χ3n) is 2.91. The number of nitrogens with one attached hydrogen (secondary N) is 1. The number of benzene rings is 1. The molecule has 1 atom stereocenters. The van der Waals surface area contributed by atoms with Crippen LogP contribution in [0.15, 0.2) is 29.2 Å². The molecule has 0 aromatic heterocycles. The zero-order chi connectivity index (χ0) is 10.9. The van der Waals surface area contributed by atoms with Gasteiger partial charge in [0.1, 0.15) is 0 Å². The molecule has 1 aliphatic heterocycles. The first-order valence-corrected chi connectivity index (χ1v) is 6.69. The van der Waals surface area contributed by atoms with Crippen LogP contribution in [-0.2, 0) is 16.4 Å². The first kappa shape index (κ1) is 10.6. The molecule has 0 radical (unpaired) electrons. The van der Waals surface area contributed by atoms with E-state index in [-0.39, 0.29) is 0 Å². The molecule has 0 amide bonds. The first-order valence-electron chi connectivity index (χ1n) is 5.21. The normalized spacial score (nSPS) is 24.2. The Morgan fingerprint density at radius 1 is 1.40 bits per heavy atom. The summed E-state index contributed by atoms with van der Waals surface area (Å²) in [6.45, 7) is 2.64. The average Bonchev–Trinajstić information content (AvgIpc) is 2.36. The topological polar surface area (TPSA) is 46.2 Å². The largest absolute Gasteiger partial charge is 0.240 e. The van der Waals surface area contributed by atoms with Crippen LogP contribution in [0.25, 0.3) is 0 Å². The molecule has 1 aliphatic rings. The first-order chi connectivity index (χ1) is 7.13. The number of sulfonamides is 1. The van der Waals surface area contributed by atoms with Crippen molar-refractivity contribution in [3.05, 3.63) is 29.8 Å². The highest BCUT2D eigenvalue weighted by Gasteiger charge is 2.24. The lowest BCUT2D eigenvalue weighted by molar-refractivity contribution is 0.499. The molecule has 15 heavy (non-hydrogen) atoms. The fourth-order valence-electron chi connectivity index (χ4n) is 1.91. The summed E-state index contributed by atoms with van der Waals surface area (Å²) in [5, 5.41) is 0. The Kier molecular flexibility index (Phi) is 2.80. The van der Waals surface area contributed by atoms with Crippen molar-refractivity contribution >= 4 is 10.0 Å². The molecule has 4 heteroatoms. The molecule has 3 nitrogen and oxygen atoms in total. The van der Waals surface area contributed by atoms with Crippen molar-refractivity contribution in [2.24, 2.45) is 5.92 Å². The van der Waals surface area contributed by atoms with Gasteiger partial charge in [0.2, 0.25) is 10.0 Å². The van der Waals surface area contributed by atoms with Crippen LogP contribution in [0.1, 0.15) is 18.9 Å². The summed E-state index contributed by atoms with van der Waals surface area (Å²) in [6.07, 6.45) is 1.84. The fraction of sp³-hybridized carbons (Fsp3) is 0.455. The maximum Gasteiger partial charge on any atom is 0.240 e. The van der Waals surface area contributed by atoms with Crippen LogP contribution in [0.3, 0.4) is 0 Å². The Labute approximate surface area is 90.6 Å². The molecule has 0 aliphatic carbocycles. The van der Waals surface area contributed by atoms with E-state index < -0.39 is 10.0 Å². The van der Waals surface area contributed by atoms with E-state index in [0.29, 0.717) is 17.4 Å². The van der Waals surface area contributed by atoms with Crippen molar-refractivity contribution in [2.45, 2.75) is 24.7 Å². The van der Waals surface area contributed by atoms with Gasteiger partial charge in [-0.05, 0) is 24.0 Å². The Bertz CT molecular complexity index is 453. The van der Waals surface area contributed by atoms with Crippen molar-refractivity contribution in [1.29, 1.82) is 0 Å². The molecule has 1 heterocycles. The van der Waals surface area contributed by atoms with Crippen molar-refractivity contribution in [3.8, 4) is 0 Å². The number of hydrogen-bond donors (Lipinski definition) is 1. The van der Waals surface area contributed by atoms with Crippen LogP contribution in [0.5, 0.6) is 0 Å². The van der Waals surface area contributed by atoms with Crippen LogP contribution in [0.4, 0.5) is 0 Å². The third kappa shape index (κ3) is 2.06.